The number of hydrogen-bond acceptors (Lipinski definition) is 6. The molecule has 1 unspecified atom stereocenters. The molecular weight excluding hydrogens is 524 g/mol. The van der Waals surface area contributed by atoms with E-state index in [1.807, 2.05) is 99.9 Å². The van der Waals surface area contributed by atoms with Crippen LogP contribution in [0, 0.1) is 0 Å². The summed E-state index contributed by atoms with van der Waals surface area (Å²) in [5.41, 5.74) is 5.68. The lowest BCUT2D eigenvalue weighted by molar-refractivity contribution is -0.117. The first-order chi connectivity index (χ1) is 20.4. The third-order valence-electron chi connectivity index (χ3n) is 7.24. The summed E-state index contributed by atoms with van der Waals surface area (Å²) in [5.74, 6) is 0.200. The first-order valence-electron chi connectivity index (χ1n) is 14.2. The van der Waals surface area contributed by atoms with Crippen molar-refractivity contribution in [1.29, 1.82) is 0 Å². The molecular formula is C34H36N6O2. The third kappa shape index (κ3) is 7.08. The Kier molecular flexibility index (Phi) is 9.04. The molecule has 0 aliphatic heterocycles. The monoisotopic (exact) mass is 560 g/mol. The highest BCUT2D eigenvalue weighted by atomic mass is 16.2. The topological polar surface area (TPSA) is 99.2 Å². The molecule has 214 valence electrons. The Labute approximate surface area is 246 Å². The molecule has 3 aromatic carbocycles. The first-order valence-corrected chi connectivity index (χ1v) is 14.2. The van der Waals surface area contributed by atoms with Gasteiger partial charge in [-0.3, -0.25) is 9.59 Å². The fraction of sp³-hybridized carbons (Fsp3) is 0.235. The third-order valence-corrected chi connectivity index (χ3v) is 7.24. The average molecular weight is 561 g/mol. The van der Waals surface area contributed by atoms with Gasteiger partial charge in [0.05, 0.1) is 17.3 Å². The van der Waals surface area contributed by atoms with Crippen LogP contribution >= 0.6 is 0 Å². The maximum absolute atomic E-state index is 13.1. The number of allylic oxidation sites excluding steroid dienone is 2. The van der Waals surface area contributed by atoms with Gasteiger partial charge in [0.25, 0.3) is 5.91 Å². The van der Waals surface area contributed by atoms with Crippen molar-refractivity contribution in [3.05, 3.63) is 108 Å². The largest absolute Gasteiger partial charge is 0.352 e. The van der Waals surface area contributed by atoms with E-state index in [9.17, 15) is 9.59 Å². The molecule has 0 saturated carbocycles. The van der Waals surface area contributed by atoms with Gasteiger partial charge in [-0.05, 0) is 64.3 Å². The second kappa shape index (κ2) is 13.2. The molecule has 1 heterocycles. The van der Waals surface area contributed by atoms with Crippen molar-refractivity contribution in [1.82, 2.24) is 25.5 Å². The lowest BCUT2D eigenvalue weighted by Crippen LogP contribution is -2.39. The Balaban J connectivity index is 1.23. The summed E-state index contributed by atoms with van der Waals surface area (Å²) in [6, 6.07) is 25.0. The SMILES string of the molecule is CC1=CC=C(C(=O)NCCCN(C)C)CC1NC(=O)c1ccc(Nc2nc(-c3ccccc3)c3ccccc3n2)cc1. The minimum Gasteiger partial charge on any atom is -0.352 e. The van der Waals surface area contributed by atoms with Crippen molar-refractivity contribution < 1.29 is 9.59 Å². The Morgan fingerprint density at radius 1 is 0.881 bits per heavy atom. The molecule has 1 aromatic heterocycles. The predicted molar refractivity (Wildman–Crippen MR) is 169 cm³/mol. The summed E-state index contributed by atoms with van der Waals surface area (Å²) in [6.45, 7) is 3.50. The van der Waals surface area contributed by atoms with Crippen molar-refractivity contribution in [2.24, 2.45) is 0 Å². The van der Waals surface area contributed by atoms with Gasteiger partial charge in [-0.2, -0.15) is 0 Å². The number of rotatable bonds is 10. The number of para-hydroxylation sites is 1. The van der Waals surface area contributed by atoms with E-state index in [0.29, 0.717) is 30.1 Å². The molecule has 3 N–H and O–H groups in total. The lowest BCUT2D eigenvalue weighted by atomic mass is 9.93. The van der Waals surface area contributed by atoms with E-state index in [2.05, 4.69) is 20.9 Å². The zero-order valence-corrected chi connectivity index (χ0v) is 24.2. The van der Waals surface area contributed by atoms with Crippen LogP contribution in [0.3, 0.4) is 0 Å². The number of aromatic nitrogens is 2. The van der Waals surface area contributed by atoms with Crippen LogP contribution in [-0.2, 0) is 4.79 Å². The van der Waals surface area contributed by atoms with Crippen molar-refractivity contribution in [2.75, 3.05) is 32.5 Å². The molecule has 42 heavy (non-hydrogen) atoms. The highest BCUT2D eigenvalue weighted by molar-refractivity contribution is 5.97. The number of carbonyl (C=O) groups excluding carboxylic acids is 2. The van der Waals surface area contributed by atoms with Gasteiger partial charge < -0.3 is 20.9 Å². The number of fused-ring (bicyclic) bond motifs is 1. The fourth-order valence-corrected chi connectivity index (χ4v) is 4.87. The minimum absolute atomic E-state index is 0.0847. The number of amides is 2. The number of carbonyl (C=O) groups is 2. The summed E-state index contributed by atoms with van der Waals surface area (Å²) in [5, 5.41) is 10.3. The van der Waals surface area contributed by atoms with Gasteiger partial charge in [0.1, 0.15) is 0 Å². The second-order valence-corrected chi connectivity index (χ2v) is 10.7. The smallest absolute Gasteiger partial charge is 0.251 e. The maximum atomic E-state index is 13.1. The summed E-state index contributed by atoms with van der Waals surface area (Å²) >= 11 is 0. The number of nitrogens with one attached hydrogen (secondary N) is 3. The van der Waals surface area contributed by atoms with Crippen LogP contribution in [0.15, 0.2) is 102 Å². The molecule has 0 bridgehead atoms. The minimum atomic E-state index is -0.245. The van der Waals surface area contributed by atoms with Crippen LogP contribution in [0.4, 0.5) is 11.6 Å². The zero-order chi connectivity index (χ0) is 29.5. The van der Waals surface area contributed by atoms with Gasteiger partial charge in [-0.25, -0.2) is 9.97 Å². The first kappa shape index (κ1) is 28.7. The highest BCUT2D eigenvalue weighted by Crippen LogP contribution is 2.28. The lowest BCUT2D eigenvalue weighted by Gasteiger charge is -2.24. The molecule has 1 aliphatic rings. The molecule has 0 saturated heterocycles. The molecule has 1 aliphatic carbocycles. The predicted octanol–water partition coefficient (Wildman–Crippen LogP) is 5.48. The van der Waals surface area contributed by atoms with Crippen LogP contribution in [0.2, 0.25) is 0 Å². The molecule has 2 amide bonds. The van der Waals surface area contributed by atoms with E-state index in [-0.39, 0.29) is 17.9 Å². The zero-order valence-electron chi connectivity index (χ0n) is 24.2. The van der Waals surface area contributed by atoms with Crippen LogP contribution in [0.1, 0.15) is 30.1 Å². The van der Waals surface area contributed by atoms with Crippen molar-refractivity contribution in [3.63, 3.8) is 0 Å². The van der Waals surface area contributed by atoms with Crippen molar-refractivity contribution >= 4 is 34.4 Å². The second-order valence-electron chi connectivity index (χ2n) is 10.7. The van der Waals surface area contributed by atoms with Crippen molar-refractivity contribution in [3.8, 4) is 11.3 Å². The Bertz CT molecular complexity index is 1630. The van der Waals surface area contributed by atoms with E-state index in [1.165, 1.54) is 0 Å². The molecule has 8 nitrogen and oxygen atoms in total. The Morgan fingerprint density at radius 2 is 1.62 bits per heavy atom. The summed E-state index contributed by atoms with van der Waals surface area (Å²) < 4.78 is 0. The number of hydrogen-bond donors (Lipinski definition) is 3. The van der Waals surface area contributed by atoms with E-state index in [0.717, 1.165) is 46.4 Å². The summed E-state index contributed by atoms with van der Waals surface area (Å²) in [4.78, 5) is 37.4. The maximum Gasteiger partial charge on any atom is 0.251 e. The van der Waals surface area contributed by atoms with E-state index < -0.39 is 0 Å². The van der Waals surface area contributed by atoms with Crippen LogP contribution in [0.25, 0.3) is 22.2 Å². The van der Waals surface area contributed by atoms with Gasteiger partial charge in [0.15, 0.2) is 0 Å². The molecule has 0 radical (unpaired) electrons. The van der Waals surface area contributed by atoms with E-state index in [1.54, 1.807) is 12.1 Å². The molecule has 5 rings (SSSR count). The van der Waals surface area contributed by atoms with Crippen LogP contribution in [-0.4, -0.2) is 59.9 Å². The molecule has 0 spiro atoms. The highest BCUT2D eigenvalue weighted by Gasteiger charge is 2.23. The molecule has 8 heteroatoms. The molecule has 0 fully saturated rings. The van der Waals surface area contributed by atoms with Gasteiger partial charge in [0.2, 0.25) is 11.9 Å². The summed E-state index contributed by atoms with van der Waals surface area (Å²) in [7, 11) is 4.02. The molecule has 4 aromatic rings. The molecule has 1 atom stereocenters. The van der Waals surface area contributed by atoms with Crippen LogP contribution < -0.4 is 16.0 Å². The van der Waals surface area contributed by atoms with Crippen molar-refractivity contribution in [2.45, 2.75) is 25.8 Å². The van der Waals surface area contributed by atoms with E-state index >= 15 is 0 Å². The van der Waals surface area contributed by atoms with Crippen LogP contribution in [0.5, 0.6) is 0 Å². The Hall–Kier alpha value is -4.82. The van der Waals surface area contributed by atoms with Gasteiger partial charge >= 0.3 is 0 Å². The van der Waals surface area contributed by atoms with Gasteiger partial charge in [0, 0.05) is 40.7 Å². The quantitative estimate of drug-likeness (QED) is 0.222. The standard InChI is InChI=1S/C34H36N6O2/c1-23-14-15-26(32(41)35-20-9-21-40(2)3)22-30(23)37-33(42)25-16-18-27(19-17-25)36-34-38-29-13-8-7-12-28(29)31(39-34)24-10-5-4-6-11-24/h4-8,10-19,30H,9,20-22H2,1-3H3,(H,35,41)(H,37,42)(H,36,38,39). The number of nitrogens with zero attached hydrogens (tertiary/aromatic N) is 3. The van der Waals surface area contributed by atoms with Gasteiger partial charge in [-0.1, -0.05) is 66.3 Å². The van der Waals surface area contributed by atoms with Gasteiger partial charge in [-0.15, -0.1) is 0 Å². The van der Waals surface area contributed by atoms with E-state index in [4.69, 9.17) is 9.97 Å². The average Bonchev–Trinajstić information content (AvgIpc) is 3.00. The Morgan fingerprint density at radius 3 is 2.38 bits per heavy atom. The number of benzene rings is 3. The fourth-order valence-electron chi connectivity index (χ4n) is 4.87. The summed E-state index contributed by atoms with van der Waals surface area (Å²) in [6.07, 6.45) is 5.09. The number of anilines is 2. The normalized spacial score (nSPS) is 14.7.